The zero-order chi connectivity index (χ0) is 11.0. The second-order valence-electron chi connectivity index (χ2n) is 3.44. The van der Waals surface area contributed by atoms with E-state index in [1.807, 2.05) is 13.8 Å². The maximum atomic E-state index is 11.8. The summed E-state index contributed by atoms with van der Waals surface area (Å²) in [6, 6.07) is 0. The van der Waals surface area contributed by atoms with Gasteiger partial charge >= 0.3 is 0 Å². The average molecular weight is 223 g/mol. The predicted octanol–water partition coefficient (Wildman–Crippen LogP) is 2.08. The fourth-order valence-corrected chi connectivity index (χ4v) is 2.20. The Kier molecular flexibility index (Phi) is 2.48. The van der Waals surface area contributed by atoms with Gasteiger partial charge in [0.2, 0.25) is 17.3 Å². The number of thioether (sulfide) groups is 1. The minimum Gasteiger partial charge on any atom is -0.352 e. The van der Waals surface area contributed by atoms with Crippen LogP contribution in [0.5, 0.6) is 0 Å². The van der Waals surface area contributed by atoms with Crippen LogP contribution in [0.4, 0.5) is 0 Å². The lowest BCUT2D eigenvalue weighted by Crippen LogP contribution is -2.14. The fourth-order valence-electron chi connectivity index (χ4n) is 1.30. The van der Waals surface area contributed by atoms with E-state index in [9.17, 15) is 9.59 Å². The monoisotopic (exact) mass is 223 g/mol. The number of nitrogens with zero attached hydrogens (tertiary/aromatic N) is 1. The van der Waals surface area contributed by atoms with Crippen LogP contribution in [0.2, 0.25) is 0 Å². The Bertz CT molecular complexity index is 459. The van der Waals surface area contributed by atoms with Crippen molar-refractivity contribution in [3.63, 3.8) is 0 Å². The standard InChI is InChI=1S/C10H9NO3S/c1-5(2)15-8-3-7(12)10-6(9(8)13)4-11-14-10/h3-5H,1-2H3. The highest BCUT2D eigenvalue weighted by Crippen LogP contribution is 2.30. The topological polar surface area (TPSA) is 60.2 Å². The summed E-state index contributed by atoms with van der Waals surface area (Å²) in [4.78, 5) is 23.8. The van der Waals surface area contributed by atoms with Gasteiger partial charge in [-0.1, -0.05) is 19.0 Å². The molecule has 1 aromatic heterocycles. The van der Waals surface area contributed by atoms with Crippen LogP contribution in [-0.2, 0) is 0 Å². The van der Waals surface area contributed by atoms with Gasteiger partial charge in [0.15, 0.2) is 0 Å². The molecule has 0 bridgehead atoms. The number of Topliss-reactive ketones (excluding diaryl/α,β-unsaturated/α-hetero) is 1. The summed E-state index contributed by atoms with van der Waals surface area (Å²) in [5.41, 5.74) is 0.269. The van der Waals surface area contributed by atoms with Crippen LogP contribution in [-0.4, -0.2) is 22.0 Å². The Morgan fingerprint density at radius 3 is 2.80 bits per heavy atom. The molecule has 1 aliphatic rings. The number of carbonyl (C=O) groups excluding carboxylic acids is 2. The third-order valence-corrected chi connectivity index (χ3v) is 2.92. The maximum Gasteiger partial charge on any atom is 0.225 e. The Morgan fingerprint density at radius 2 is 2.13 bits per heavy atom. The summed E-state index contributed by atoms with van der Waals surface area (Å²) in [5, 5.41) is 3.72. The molecule has 1 heterocycles. The van der Waals surface area contributed by atoms with Crippen molar-refractivity contribution >= 4 is 23.3 Å². The molecule has 0 radical (unpaired) electrons. The molecular formula is C10H9NO3S. The molecule has 0 N–H and O–H groups in total. The SMILES string of the molecule is CC(C)SC1=CC(=O)c2oncc2C1=O. The summed E-state index contributed by atoms with van der Waals surface area (Å²) in [7, 11) is 0. The highest BCUT2D eigenvalue weighted by atomic mass is 32.2. The lowest BCUT2D eigenvalue weighted by atomic mass is 10.0. The third kappa shape index (κ3) is 1.74. The van der Waals surface area contributed by atoms with E-state index in [2.05, 4.69) is 5.16 Å². The van der Waals surface area contributed by atoms with Crippen LogP contribution in [0.3, 0.4) is 0 Å². The Morgan fingerprint density at radius 1 is 1.40 bits per heavy atom. The van der Waals surface area contributed by atoms with Gasteiger partial charge in [-0.15, -0.1) is 11.8 Å². The van der Waals surface area contributed by atoms with Crippen molar-refractivity contribution in [2.45, 2.75) is 19.1 Å². The van der Waals surface area contributed by atoms with E-state index < -0.39 is 0 Å². The number of fused-ring (bicyclic) bond motifs is 1. The molecule has 2 rings (SSSR count). The van der Waals surface area contributed by atoms with Gasteiger partial charge < -0.3 is 4.52 Å². The Labute approximate surface area is 90.7 Å². The van der Waals surface area contributed by atoms with E-state index >= 15 is 0 Å². The van der Waals surface area contributed by atoms with Crippen molar-refractivity contribution in [1.29, 1.82) is 0 Å². The van der Waals surface area contributed by atoms with Gasteiger partial charge in [-0.2, -0.15) is 0 Å². The summed E-state index contributed by atoms with van der Waals surface area (Å²) >= 11 is 1.38. The summed E-state index contributed by atoms with van der Waals surface area (Å²) < 4.78 is 4.72. The molecule has 0 spiro atoms. The van der Waals surface area contributed by atoms with Crippen LogP contribution >= 0.6 is 11.8 Å². The molecule has 5 heteroatoms. The lowest BCUT2D eigenvalue weighted by Gasteiger charge is -2.11. The zero-order valence-corrected chi connectivity index (χ0v) is 9.13. The van der Waals surface area contributed by atoms with Gasteiger partial charge in [0, 0.05) is 11.3 Å². The Balaban J connectivity index is 2.38. The number of hydrogen-bond donors (Lipinski definition) is 0. The quantitative estimate of drug-likeness (QED) is 0.768. The van der Waals surface area contributed by atoms with Gasteiger partial charge in [0.05, 0.1) is 16.7 Å². The second-order valence-corrected chi connectivity index (χ2v) is 5.06. The molecule has 1 aliphatic carbocycles. The molecule has 4 nitrogen and oxygen atoms in total. The largest absolute Gasteiger partial charge is 0.352 e. The van der Waals surface area contributed by atoms with Gasteiger partial charge in [-0.25, -0.2) is 0 Å². The zero-order valence-electron chi connectivity index (χ0n) is 8.31. The van der Waals surface area contributed by atoms with Gasteiger partial charge in [-0.3, -0.25) is 9.59 Å². The van der Waals surface area contributed by atoms with Crippen molar-refractivity contribution in [3.05, 3.63) is 28.5 Å². The van der Waals surface area contributed by atoms with Crippen molar-refractivity contribution in [2.24, 2.45) is 0 Å². The Hall–Kier alpha value is -1.36. The van der Waals surface area contributed by atoms with Crippen molar-refractivity contribution in [1.82, 2.24) is 5.16 Å². The van der Waals surface area contributed by atoms with Crippen LogP contribution in [0.1, 0.15) is 34.8 Å². The molecule has 0 amide bonds. The second kappa shape index (κ2) is 3.66. The highest BCUT2D eigenvalue weighted by molar-refractivity contribution is 8.04. The highest BCUT2D eigenvalue weighted by Gasteiger charge is 2.30. The summed E-state index contributed by atoms with van der Waals surface area (Å²) in [6.07, 6.45) is 2.62. The maximum absolute atomic E-state index is 11.8. The van der Waals surface area contributed by atoms with E-state index in [1.54, 1.807) is 0 Å². The molecule has 0 saturated heterocycles. The van der Waals surface area contributed by atoms with Crippen molar-refractivity contribution < 1.29 is 14.1 Å². The first-order valence-electron chi connectivity index (χ1n) is 4.51. The molecule has 0 saturated carbocycles. The molecule has 0 atom stereocenters. The van der Waals surface area contributed by atoms with E-state index in [-0.39, 0.29) is 28.1 Å². The minimum absolute atomic E-state index is 0.0492. The van der Waals surface area contributed by atoms with E-state index in [0.717, 1.165) is 0 Å². The minimum atomic E-state index is -0.287. The van der Waals surface area contributed by atoms with Crippen LogP contribution in [0, 0.1) is 0 Å². The molecular weight excluding hydrogens is 214 g/mol. The first kappa shape index (κ1) is 10.2. The average Bonchev–Trinajstić information content (AvgIpc) is 2.61. The number of aromatic nitrogens is 1. The van der Waals surface area contributed by atoms with Crippen molar-refractivity contribution in [2.75, 3.05) is 0 Å². The molecule has 0 unspecified atom stereocenters. The molecule has 78 valence electrons. The van der Waals surface area contributed by atoms with Gasteiger partial charge in [0.1, 0.15) is 0 Å². The molecule has 0 fully saturated rings. The number of allylic oxidation sites excluding steroid dienone is 2. The van der Waals surface area contributed by atoms with Gasteiger partial charge in [0.25, 0.3) is 0 Å². The fraction of sp³-hybridized carbons (Fsp3) is 0.300. The van der Waals surface area contributed by atoms with Crippen molar-refractivity contribution in [3.8, 4) is 0 Å². The normalized spacial score (nSPS) is 15.5. The summed E-state index contributed by atoms with van der Waals surface area (Å²) in [6.45, 7) is 3.93. The molecule has 1 aromatic rings. The van der Waals surface area contributed by atoms with E-state index in [0.29, 0.717) is 4.91 Å². The van der Waals surface area contributed by atoms with E-state index in [1.165, 1.54) is 24.0 Å². The predicted molar refractivity (Wildman–Crippen MR) is 56.0 cm³/mol. The van der Waals surface area contributed by atoms with Crippen LogP contribution in [0.25, 0.3) is 0 Å². The van der Waals surface area contributed by atoms with E-state index in [4.69, 9.17) is 4.52 Å². The summed E-state index contributed by atoms with van der Waals surface area (Å²) in [5.74, 6) is -0.414. The first-order valence-corrected chi connectivity index (χ1v) is 5.39. The van der Waals surface area contributed by atoms with Crippen LogP contribution < -0.4 is 0 Å². The van der Waals surface area contributed by atoms with Gasteiger partial charge in [-0.05, 0) is 0 Å². The third-order valence-electron chi connectivity index (χ3n) is 1.89. The number of ketones is 2. The molecule has 0 aromatic carbocycles. The van der Waals surface area contributed by atoms with Crippen LogP contribution in [0.15, 0.2) is 21.7 Å². The smallest absolute Gasteiger partial charge is 0.225 e. The number of hydrogen-bond acceptors (Lipinski definition) is 5. The molecule has 15 heavy (non-hydrogen) atoms. The lowest BCUT2D eigenvalue weighted by molar-refractivity contribution is 0.0967. The number of rotatable bonds is 2. The first-order chi connectivity index (χ1) is 7.09. The number of carbonyl (C=O) groups is 2. The molecule has 0 aliphatic heterocycles.